The zero-order chi connectivity index (χ0) is 43.9. The van der Waals surface area contributed by atoms with Gasteiger partial charge in [0, 0.05) is 39.8 Å². The van der Waals surface area contributed by atoms with Gasteiger partial charge in [-0.2, -0.15) is 0 Å². The highest BCUT2D eigenvalue weighted by molar-refractivity contribution is 7.80. The Labute approximate surface area is 383 Å². The Bertz CT molecular complexity index is 2030. The van der Waals surface area contributed by atoms with E-state index >= 15 is 0 Å². The van der Waals surface area contributed by atoms with E-state index in [0.717, 1.165) is 51.4 Å². The predicted octanol–water partition coefficient (Wildman–Crippen LogP) is 8.88. The summed E-state index contributed by atoms with van der Waals surface area (Å²) >= 11 is 14.4. The van der Waals surface area contributed by atoms with E-state index in [2.05, 4.69) is 63.1 Å². The van der Waals surface area contributed by atoms with Crippen molar-refractivity contribution in [1.82, 2.24) is 26.6 Å². The monoisotopic (exact) mass is 890 g/mol. The lowest BCUT2D eigenvalue weighted by Gasteiger charge is -2.09. The summed E-state index contributed by atoms with van der Waals surface area (Å²) in [6.45, 7) is 3.13. The van der Waals surface area contributed by atoms with Gasteiger partial charge in [-0.05, 0) is 113 Å². The number of benzene rings is 6. The first kappa shape index (κ1) is 51.6. The fourth-order valence-electron chi connectivity index (χ4n) is 4.81. The Kier molecular flexibility index (Phi) is 26.1. The average Bonchev–Trinajstić information content (AvgIpc) is 3.32. The van der Waals surface area contributed by atoms with Crippen molar-refractivity contribution in [2.45, 2.75) is 40.3 Å². The molecule has 0 aromatic heterocycles. The van der Waals surface area contributed by atoms with Crippen LogP contribution in [-0.4, -0.2) is 42.8 Å². The summed E-state index contributed by atoms with van der Waals surface area (Å²) < 4.78 is 17.0. The van der Waals surface area contributed by atoms with Crippen LogP contribution in [0, 0.1) is 0 Å². The molecule has 62 heavy (non-hydrogen) atoms. The SMILES string of the molecule is C.CNC(=S)NCc1ccc(OCc2ccccc2)cc1.CNC(=S)NCc1ccc(OCc2ccccc2)cc1.CNC(N)=S.O=Cc1ccc(OCc2ccccc2)cc1. The van der Waals surface area contributed by atoms with Crippen molar-refractivity contribution in [3.63, 3.8) is 0 Å². The molecule has 13 heteroatoms. The Morgan fingerprint density at radius 3 is 1.02 bits per heavy atom. The van der Waals surface area contributed by atoms with Gasteiger partial charge in [-0.15, -0.1) is 0 Å². The standard InChI is InChI=1S/2C16H18N2OS.C14H12O2.C2H6N2S.CH4/c2*1-17-16(20)18-11-13-7-9-15(10-8-13)19-12-14-5-3-2-4-6-14;15-10-12-6-8-14(9-7-12)16-11-13-4-2-1-3-5-13;1-4-2(3)5;/h2*2-10H,11-12H2,1H3,(H2,17,18,20);1-10H,11H2;1H3,(H3,3,4,5);1H4. The molecular weight excluding hydrogens is 833 g/mol. The van der Waals surface area contributed by atoms with Gasteiger partial charge in [-0.1, -0.05) is 123 Å². The topological polar surface area (TPSA) is 131 Å². The molecule has 0 aliphatic carbocycles. The van der Waals surface area contributed by atoms with Crippen LogP contribution in [-0.2, 0) is 32.9 Å². The van der Waals surface area contributed by atoms with Crippen molar-refractivity contribution in [3.8, 4) is 17.2 Å². The number of nitrogens with one attached hydrogen (secondary N) is 5. The van der Waals surface area contributed by atoms with Crippen molar-refractivity contribution in [2.24, 2.45) is 5.73 Å². The molecule has 0 heterocycles. The third-order valence-corrected chi connectivity index (χ3v) is 9.12. The van der Waals surface area contributed by atoms with Crippen molar-refractivity contribution in [1.29, 1.82) is 0 Å². The second kappa shape index (κ2) is 31.4. The molecule has 0 unspecified atom stereocenters. The highest BCUT2D eigenvalue weighted by Gasteiger charge is 2.00. The maximum absolute atomic E-state index is 10.5. The molecule has 0 amide bonds. The van der Waals surface area contributed by atoms with Crippen molar-refractivity contribution in [3.05, 3.63) is 197 Å². The Hall–Kier alpha value is -6.54. The van der Waals surface area contributed by atoms with Crippen LogP contribution in [0.1, 0.15) is 45.6 Å². The molecule has 0 fully saturated rings. The molecule has 0 atom stereocenters. The number of nitrogens with two attached hydrogens (primary N) is 1. The first-order valence-electron chi connectivity index (χ1n) is 19.3. The van der Waals surface area contributed by atoms with E-state index in [1.165, 1.54) is 0 Å². The van der Waals surface area contributed by atoms with E-state index < -0.39 is 0 Å². The molecule has 0 saturated carbocycles. The minimum atomic E-state index is 0. The molecule has 6 aromatic carbocycles. The van der Waals surface area contributed by atoms with Crippen LogP contribution in [0.4, 0.5) is 0 Å². The molecule has 7 N–H and O–H groups in total. The third kappa shape index (κ3) is 22.7. The van der Waals surface area contributed by atoms with Gasteiger partial charge in [0.1, 0.15) is 43.4 Å². The number of hydrogen-bond acceptors (Lipinski definition) is 7. The molecule has 6 aromatic rings. The third-order valence-electron chi connectivity index (χ3n) is 8.21. The lowest BCUT2D eigenvalue weighted by molar-refractivity contribution is 0.112. The number of rotatable bonds is 14. The molecule has 0 radical (unpaired) electrons. The smallest absolute Gasteiger partial charge is 0.166 e. The maximum atomic E-state index is 10.5. The molecule has 0 bridgehead atoms. The van der Waals surface area contributed by atoms with Gasteiger partial charge < -0.3 is 46.5 Å². The van der Waals surface area contributed by atoms with E-state index in [-0.39, 0.29) is 7.43 Å². The van der Waals surface area contributed by atoms with Crippen molar-refractivity contribution < 1.29 is 19.0 Å². The first-order valence-corrected chi connectivity index (χ1v) is 20.5. The summed E-state index contributed by atoms with van der Waals surface area (Å²) in [6.07, 6.45) is 0.820. The van der Waals surface area contributed by atoms with E-state index in [4.69, 9.17) is 44.4 Å². The van der Waals surface area contributed by atoms with Crippen LogP contribution in [0.2, 0.25) is 0 Å². The van der Waals surface area contributed by atoms with Crippen LogP contribution < -0.4 is 46.5 Å². The van der Waals surface area contributed by atoms with Gasteiger partial charge in [0.15, 0.2) is 15.3 Å². The molecule has 0 spiro atoms. The van der Waals surface area contributed by atoms with E-state index in [1.807, 2.05) is 115 Å². The molecular formula is C49H58N6O4S3. The molecule has 0 aliphatic rings. The normalized spacial score (nSPS) is 9.40. The Balaban J connectivity index is 0.000000302. The molecule has 0 saturated heterocycles. The summed E-state index contributed by atoms with van der Waals surface area (Å²) in [6, 6.07) is 53.3. The fourth-order valence-corrected chi connectivity index (χ4v) is 4.96. The molecule has 0 aliphatic heterocycles. The second-order valence-electron chi connectivity index (χ2n) is 12.8. The summed E-state index contributed by atoms with van der Waals surface area (Å²) in [5, 5.41) is 16.1. The lowest BCUT2D eigenvalue weighted by Crippen LogP contribution is -2.31. The summed E-state index contributed by atoms with van der Waals surface area (Å²) in [4.78, 5) is 10.5. The highest BCUT2D eigenvalue weighted by atomic mass is 32.1. The zero-order valence-electron chi connectivity index (χ0n) is 34.6. The van der Waals surface area contributed by atoms with Gasteiger partial charge in [0.2, 0.25) is 0 Å². The number of hydrogen-bond donors (Lipinski definition) is 6. The Morgan fingerprint density at radius 2 is 0.758 bits per heavy atom. The number of carbonyl (C=O) groups excluding carboxylic acids is 1. The number of carbonyl (C=O) groups is 1. The second-order valence-corrected chi connectivity index (χ2v) is 14.0. The minimum absolute atomic E-state index is 0. The highest BCUT2D eigenvalue weighted by Crippen LogP contribution is 2.16. The summed E-state index contributed by atoms with van der Waals surface area (Å²) in [7, 11) is 5.29. The van der Waals surface area contributed by atoms with Crippen molar-refractivity contribution in [2.75, 3.05) is 21.1 Å². The lowest BCUT2D eigenvalue weighted by atomic mass is 10.2. The van der Waals surface area contributed by atoms with Gasteiger partial charge in [-0.3, -0.25) is 4.79 Å². The molecule has 10 nitrogen and oxygen atoms in total. The summed E-state index contributed by atoms with van der Waals surface area (Å²) in [5.41, 5.74) is 11.4. The van der Waals surface area contributed by atoms with E-state index in [1.54, 1.807) is 45.4 Å². The van der Waals surface area contributed by atoms with Crippen LogP contribution >= 0.6 is 36.7 Å². The Morgan fingerprint density at radius 1 is 0.468 bits per heavy atom. The van der Waals surface area contributed by atoms with Crippen molar-refractivity contribution >= 4 is 58.3 Å². The van der Waals surface area contributed by atoms with E-state index in [0.29, 0.717) is 53.8 Å². The number of thiocarbonyl (C=S) groups is 3. The number of aldehydes is 1. The molecule has 6 rings (SSSR count). The molecule has 326 valence electrons. The van der Waals surface area contributed by atoms with Gasteiger partial charge in [-0.25, -0.2) is 0 Å². The van der Waals surface area contributed by atoms with Crippen LogP contribution in [0.5, 0.6) is 17.2 Å². The fraction of sp³-hybridized carbons (Fsp3) is 0.184. The van der Waals surface area contributed by atoms with E-state index in [9.17, 15) is 4.79 Å². The minimum Gasteiger partial charge on any atom is -0.489 e. The van der Waals surface area contributed by atoms with Gasteiger partial charge in [0.25, 0.3) is 0 Å². The van der Waals surface area contributed by atoms with Crippen LogP contribution in [0.3, 0.4) is 0 Å². The zero-order valence-corrected chi connectivity index (χ0v) is 37.1. The summed E-state index contributed by atoms with van der Waals surface area (Å²) in [5.74, 6) is 2.51. The van der Waals surface area contributed by atoms with Gasteiger partial charge >= 0.3 is 0 Å². The number of ether oxygens (including phenoxy) is 3. The predicted molar refractivity (Wildman–Crippen MR) is 267 cm³/mol. The largest absolute Gasteiger partial charge is 0.489 e. The van der Waals surface area contributed by atoms with Crippen LogP contribution in [0.15, 0.2) is 164 Å². The maximum Gasteiger partial charge on any atom is 0.166 e. The van der Waals surface area contributed by atoms with Crippen LogP contribution in [0.25, 0.3) is 0 Å². The quantitative estimate of drug-likeness (QED) is 0.0461. The average molecular weight is 891 g/mol. The van der Waals surface area contributed by atoms with Gasteiger partial charge in [0.05, 0.1) is 0 Å². The first-order chi connectivity index (χ1) is 29.7.